The van der Waals surface area contributed by atoms with Crippen molar-refractivity contribution in [3.8, 4) is 16.9 Å². The summed E-state index contributed by atoms with van der Waals surface area (Å²) in [6.07, 6.45) is 3.09. The predicted molar refractivity (Wildman–Crippen MR) is 99.5 cm³/mol. The van der Waals surface area contributed by atoms with Crippen LogP contribution in [-0.2, 0) is 11.2 Å². The van der Waals surface area contributed by atoms with Crippen LogP contribution in [0.4, 0.5) is 4.39 Å². The number of aryl methyl sites for hydroxylation is 1. The maximum Gasteiger partial charge on any atom is 0.131 e. The summed E-state index contributed by atoms with van der Waals surface area (Å²) in [6.45, 7) is 7.37. The van der Waals surface area contributed by atoms with Gasteiger partial charge >= 0.3 is 0 Å². The second-order valence-electron chi connectivity index (χ2n) is 7.46. The van der Waals surface area contributed by atoms with Crippen LogP contribution in [0.2, 0.25) is 0 Å². The normalized spacial score (nSPS) is 19.6. The first-order valence-corrected chi connectivity index (χ1v) is 9.04. The standard InChI is InChI=1S/C22H27FO2/c1-5-15-7-9-17(18-14-16(24-4)8-10-20(18)23)19(13-15)21-22(2,3)11-6-12-25-21/h7-10,13-14,21H,5-6,11-12H2,1-4H3/t21-/m0/s1. The van der Waals surface area contributed by atoms with E-state index in [2.05, 4.69) is 32.9 Å². The minimum absolute atomic E-state index is 0.0225. The smallest absolute Gasteiger partial charge is 0.131 e. The second-order valence-corrected chi connectivity index (χ2v) is 7.46. The van der Waals surface area contributed by atoms with E-state index in [1.54, 1.807) is 19.2 Å². The van der Waals surface area contributed by atoms with Gasteiger partial charge in [-0.25, -0.2) is 4.39 Å². The number of hydrogen-bond donors (Lipinski definition) is 0. The zero-order valence-electron chi connectivity index (χ0n) is 15.6. The van der Waals surface area contributed by atoms with Gasteiger partial charge in [-0.15, -0.1) is 0 Å². The Balaban J connectivity index is 2.17. The van der Waals surface area contributed by atoms with Crippen molar-refractivity contribution in [2.75, 3.05) is 13.7 Å². The van der Waals surface area contributed by atoms with Crippen LogP contribution in [0.15, 0.2) is 36.4 Å². The molecule has 2 aromatic rings. The average Bonchev–Trinajstić information content (AvgIpc) is 2.61. The van der Waals surface area contributed by atoms with Crippen molar-refractivity contribution in [2.45, 2.75) is 46.1 Å². The van der Waals surface area contributed by atoms with Crippen molar-refractivity contribution in [1.82, 2.24) is 0 Å². The molecule has 0 aliphatic carbocycles. The van der Waals surface area contributed by atoms with E-state index >= 15 is 0 Å². The topological polar surface area (TPSA) is 18.5 Å². The molecule has 0 spiro atoms. The molecule has 0 radical (unpaired) electrons. The highest BCUT2D eigenvalue weighted by Gasteiger charge is 2.36. The van der Waals surface area contributed by atoms with Gasteiger partial charge in [0.2, 0.25) is 0 Å². The van der Waals surface area contributed by atoms with Gasteiger partial charge in [0.15, 0.2) is 0 Å². The van der Waals surface area contributed by atoms with Crippen LogP contribution in [0.1, 0.15) is 50.8 Å². The first kappa shape index (κ1) is 17.9. The number of rotatable bonds is 4. The Hall–Kier alpha value is -1.87. The molecule has 2 nitrogen and oxygen atoms in total. The lowest BCUT2D eigenvalue weighted by molar-refractivity contribution is -0.0697. The Bertz CT molecular complexity index is 752. The molecule has 3 heteroatoms. The Morgan fingerprint density at radius 3 is 2.64 bits per heavy atom. The summed E-state index contributed by atoms with van der Waals surface area (Å²) in [5.41, 5.74) is 3.81. The predicted octanol–water partition coefficient (Wildman–Crippen LogP) is 5.94. The monoisotopic (exact) mass is 342 g/mol. The van der Waals surface area contributed by atoms with Gasteiger partial charge in [0.25, 0.3) is 0 Å². The molecule has 1 aliphatic rings. The van der Waals surface area contributed by atoms with E-state index in [1.165, 1.54) is 11.6 Å². The summed E-state index contributed by atoms with van der Waals surface area (Å²) in [7, 11) is 1.60. The Labute approximate surface area is 150 Å². The van der Waals surface area contributed by atoms with Gasteiger partial charge in [-0.05, 0) is 59.6 Å². The molecule has 1 heterocycles. The van der Waals surface area contributed by atoms with Gasteiger partial charge in [0, 0.05) is 12.2 Å². The minimum atomic E-state index is -0.236. The fraction of sp³-hybridized carbons (Fsp3) is 0.455. The van der Waals surface area contributed by atoms with Crippen molar-refractivity contribution in [1.29, 1.82) is 0 Å². The third kappa shape index (κ3) is 3.57. The van der Waals surface area contributed by atoms with Crippen molar-refractivity contribution in [3.63, 3.8) is 0 Å². The Morgan fingerprint density at radius 1 is 1.16 bits per heavy atom. The van der Waals surface area contributed by atoms with Crippen LogP contribution >= 0.6 is 0 Å². The summed E-state index contributed by atoms with van der Waals surface area (Å²) in [5, 5.41) is 0. The molecule has 3 rings (SSSR count). The molecule has 134 valence electrons. The van der Waals surface area contributed by atoms with E-state index in [1.807, 2.05) is 6.07 Å². The molecule has 2 aromatic carbocycles. The van der Waals surface area contributed by atoms with Crippen molar-refractivity contribution < 1.29 is 13.9 Å². The van der Waals surface area contributed by atoms with Gasteiger partial charge in [-0.1, -0.05) is 39.0 Å². The van der Waals surface area contributed by atoms with Crippen molar-refractivity contribution in [2.24, 2.45) is 5.41 Å². The van der Waals surface area contributed by atoms with E-state index in [4.69, 9.17) is 9.47 Å². The van der Waals surface area contributed by atoms with Gasteiger partial charge in [-0.3, -0.25) is 0 Å². The van der Waals surface area contributed by atoms with Crippen LogP contribution in [0, 0.1) is 11.2 Å². The number of hydrogen-bond acceptors (Lipinski definition) is 2. The summed E-state index contributed by atoms with van der Waals surface area (Å²) in [5.74, 6) is 0.422. The molecule has 25 heavy (non-hydrogen) atoms. The highest BCUT2D eigenvalue weighted by atomic mass is 19.1. The van der Waals surface area contributed by atoms with Gasteiger partial charge in [-0.2, -0.15) is 0 Å². The molecule has 1 aliphatic heterocycles. The van der Waals surface area contributed by atoms with E-state index in [0.29, 0.717) is 11.3 Å². The van der Waals surface area contributed by atoms with E-state index in [0.717, 1.165) is 37.0 Å². The van der Waals surface area contributed by atoms with Gasteiger partial charge in [0.1, 0.15) is 11.6 Å². The molecule has 0 saturated carbocycles. The maximum absolute atomic E-state index is 14.6. The van der Waals surface area contributed by atoms with Gasteiger partial charge in [0.05, 0.1) is 13.2 Å². The highest BCUT2D eigenvalue weighted by Crippen LogP contribution is 2.47. The molecule has 0 unspecified atom stereocenters. The Kier molecular flexibility index (Phi) is 5.14. The zero-order chi connectivity index (χ0) is 18.0. The van der Waals surface area contributed by atoms with Crippen molar-refractivity contribution in [3.05, 3.63) is 53.3 Å². The van der Waals surface area contributed by atoms with Gasteiger partial charge < -0.3 is 9.47 Å². The molecular weight excluding hydrogens is 315 g/mol. The zero-order valence-corrected chi connectivity index (χ0v) is 15.6. The number of ether oxygens (including phenoxy) is 2. The molecular formula is C22H27FO2. The summed E-state index contributed by atoms with van der Waals surface area (Å²) in [4.78, 5) is 0. The average molecular weight is 342 g/mol. The second kappa shape index (κ2) is 7.17. The van der Waals surface area contributed by atoms with Crippen LogP contribution in [0.5, 0.6) is 5.75 Å². The largest absolute Gasteiger partial charge is 0.497 e. The Morgan fingerprint density at radius 2 is 1.96 bits per heavy atom. The lowest BCUT2D eigenvalue weighted by Gasteiger charge is -2.39. The molecule has 0 N–H and O–H groups in total. The summed E-state index contributed by atoms with van der Waals surface area (Å²) >= 11 is 0. The third-order valence-corrected chi connectivity index (χ3v) is 5.23. The quantitative estimate of drug-likeness (QED) is 0.684. The van der Waals surface area contributed by atoms with E-state index in [9.17, 15) is 4.39 Å². The third-order valence-electron chi connectivity index (χ3n) is 5.23. The van der Waals surface area contributed by atoms with E-state index < -0.39 is 0 Å². The lowest BCUT2D eigenvalue weighted by Crippen LogP contribution is -2.30. The molecule has 1 saturated heterocycles. The van der Waals surface area contributed by atoms with Crippen LogP contribution in [0.25, 0.3) is 11.1 Å². The number of halogens is 1. The van der Waals surface area contributed by atoms with Crippen molar-refractivity contribution >= 4 is 0 Å². The van der Waals surface area contributed by atoms with E-state index in [-0.39, 0.29) is 17.3 Å². The highest BCUT2D eigenvalue weighted by molar-refractivity contribution is 5.70. The number of methoxy groups -OCH3 is 1. The first-order valence-electron chi connectivity index (χ1n) is 9.04. The molecule has 0 amide bonds. The SMILES string of the molecule is CCc1ccc(-c2cc(OC)ccc2F)c([C@@H]2OCCCC2(C)C)c1. The number of benzene rings is 2. The lowest BCUT2D eigenvalue weighted by atomic mass is 9.75. The van der Waals surface area contributed by atoms with Crippen LogP contribution in [-0.4, -0.2) is 13.7 Å². The summed E-state index contributed by atoms with van der Waals surface area (Å²) in [6, 6.07) is 11.2. The molecule has 0 bridgehead atoms. The fourth-order valence-corrected chi connectivity index (χ4v) is 3.73. The summed E-state index contributed by atoms with van der Waals surface area (Å²) < 4.78 is 26.1. The first-order chi connectivity index (χ1) is 12.0. The van der Waals surface area contributed by atoms with Crippen LogP contribution < -0.4 is 4.74 Å². The molecule has 1 atom stereocenters. The molecule has 0 aromatic heterocycles. The maximum atomic E-state index is 14.6. The van der Waals surface area contributed by atoms with Crippen LogP contribution in [0.3, 0.4) is 0 Å². The molecule has 1 fully saturated rings. The minimum Gasteiger partial charge on any atom is -0.497 e. The fourth-order valence-electron chi connectivity index (χ4n) is 3.73.